The third-order valence-corrected chi connectivity index (χ3v) is 4.46. The Kier molecular flexibility index (Phi) is 5.66. The zero-order valence-corrected chi connectivity index (χ0v) is 14.7. The van der Waals surface area contributed by atoms with Crippen LogP contribution < -0.4 is 10.9 Å². The van der Waals surface area contributed by atoms with E-state index in [0.29, 0.717) is 33.4 Å². The maximum Gasteiger partial charge on any atom is 0.266 e. The highest BCUT2D eigenvalue weighted by molar-refractivity contribution is 6.42. The number of amides is 1. The molecule has 0 saturated heterocycles. The normalized spacial score (nSPS) is 10.3. The second kappa shape index (κ2) is 7.52. The van der Waals surface area contributed by atoms with E-state index in [0.717, 1.165) is 5.56 Å². The number of nitrogens with zero attached hydrogens (tertiary/aromatic N) is 1. The molecule has 0 unspecified atom stereocenters. The summed E-state index contributed by atoms with van der Waals surface area (Å²) in [5.74, 6) is -0.197. The number of halogens is 2. The Hall–Kier alpha value is -2.29. The van der Waals surface area contributed by atoms with Gasteiger partial charge in [0.25, 0.3) is 5.56 Å². The third-order valence-electron chi connectivity index (χ3n) is 3.73. The van der Waals surface area contributed by atoms with E-state index in [2.05, 4.69) is 10.3 Å². The van der Waals surface area contributed by atoms with Crippen LogP contribution >= 0.6 is 23.2 Å². The average Bonchev–Trinajstić information content (AvgIpc) is 2.51. The largest absolute Gasteiger partial charge is 0.326 e. The number of hydrogen-bond donors (Lipinski definition) is 2. The highest BCUT2D eigenvalue weighted by atomic mass is 35.5. The molecule has 0 atom stereocenters. The standard InChI is InChI=1S/C17H15Cl2N3O2/c1-9-12(10(2)21-17(24)13(9)8-20)4-6-16(23)22-11-3-5-14(18)15(19)7-11/h3,5,7H,4,6H2,1-2H3,(H,21,24)(H,22,23). The smallest absolute Gasteiger partial charge is 0.266 e. The van der Waals surface area contributed by atoms with Crippen molar-refractivity contribution in [2.45, 2.75) is 26.7 Å². The van der Waals surface area contributed by atoms with Crippen molar-refractivity contribution in [3.63, 3.8) is 0 Å². The van der Waals surface area contributed by atoms with Crippen LogP contribution in [0, 0.1) is 25.2 Å². The number of aromatic amines is 1. The summed E-state index contributed by atoms with van der Waals surface area (Å²) in [6.07, 6.45) is 0.620. The number of carbonyl (C=O) groups is 1. The predicted molar refractivity (Wildman–Crippen MR) is 94.7 cm³/mol. The van der Waals surface area contributed by atoms with Crippen molar-refractivity contribution in [2.24, 2.45) is 0 Å². The highest BCUT2D eigenvalue weighted by Gasteiger charge is 2.13. The fraction of sp³-hybridized carbons (Fsp3) is 0.235. The van der Waals surface area contributed by atoms with Gasteiger partial charge in [0.05, 0.1) is 10.0 Å². The predicted octanol–water partition coefficient (Wildman–Crippen LogP) is 3.74. The van der Waals surface area contributed by atoms with Gasteiger partial charge in [0.2, 0.25) is 5.91 Å². The first-order valence-electron chi connectivity index (χ1n) is 7.20. The molecule has 1 aromatic heterocycles. The molecule has 2 N–H and O–H groups in total. The number of rotatable bonds is 4. The highest BCUT2D eigenvalue weighted by Crippen LogP contribution is 2.25. The van der Waals surface area contributed by atoms with Gasteiger partial charge in [-0.2, -0.15) is 5.26 Å². The number of hydrogen-bond acceptors (Lipinski definition) is 3. The maximum absolute atomic E-state index is 12.1. The van der Waals surface area contributed by atoms with Crippen molar-refractivity contribution in [3.8, 4) is 6.07 Å². The van der Waals surface area contributed by atoms with Gasteiger partial charge in [-0.1, -0.05) is 23.2 Å². The summed E-state index contributed by atoms with van der Waals surface area (Å²) in [7, 11) is 0. The van der Waals surface area contributed by atoms with Crippen LogP contribution in [0.1, 0.15) is 28.8 Å². The number of pyridine rings is 1. The van der Waals surface area contributed by atoms with Gasteiger partial charge in [-0.15, -0.1) is 0 Å². The van der Waals surface area contributed by atoms with Gasteiger partial charge in [0.15, 0.2) is 0 Å². The summed E-state index contributed by atoms with van der Waals surface area (Å²) >= 11 is 11.7. The molecule has 1 aromatic carbocycles. The minimum atomic E-state index is -0.406. The SMILES string of the molecule is Cc1[nH]c(=O)c(C#N)c(C)c1CCC(=O)Nc1ccc(Cl)c(Cl)c1. The van der Waals surface area contributed by atoms with Crippen molar-refractivity contribution in [1.29, 1.82) is 5.26 Å². The number of nitriles is 1. The van der Waals surface area contributed by atoms with Crippen LogP contribution in [0.5, 0.6) is 0 Å². The van der Waals surface area contributed by atoms with Crippen LogP contribution in [0.2, 0.25) is 10.0 Å². The molecule has 1 heterocycles. The van der Waals surface area contributed by atoms with Gasteiger partial charge in [-0.05, 0) is 49.6 Å². The molecule has 124 valence electrons. The first kappa shape index (κ1) is 18.1. The van der Waals surface area contributed by atoms with Crippen molar-refractivity contribution in [1.82, 2.24) is 4.98 Å². The molecule has 0 saturated carbocycles. The van der Waals surface area contributed by atoms with Crippen LogP contribution in [0.15, 0.2) is 23.0 Å². The molecule has 2 rings (SSSR count). The topological polar surface area (TPSA) is 85.8 Å². The Morgan fingerprint density at radius 2 is 2.00 bits per heavy atom. The van der Waals surface area contributed by atoms with Crippen LogP contribution in [-0.4, -0.2) is 10.9 Å². The van der Waals surface area contributed by atoms with E-state index in [9.17, 15) is 9.59 Å². The van der Waals surface area contributed by atoms with Crippen molar-refractivity contribution in [2.75, 3.05) is 5.32 Å². The van der Waals surface area contributed by atoms with E-state index in [1.165, 1.54) is 0 Å². The summed E-state index contributed by atoms with van der Waals surface area (Å²) in [5, 5.41) is 12.6. The third kappa shape index (κ3) is 3.97. The van der Waals surface area contributed by atoms with Crippen LogP contribution in [-0.2, 0) is 11.2 Å². The van der Waals surface area contributed by atoms with Crippen molar-refractivity contribution < 1.29 is 4.79 Å². The first-order chi connectivity index (χ1) is 11.3. The number of nitrogens with one attached hydrogen (secondary N) is 2. The molecule has 5 nitrogen and oxygen atoms in total. The quantitative estimate of drug-likeness (QED) is 0.867. The Balaban J connectivity index is 2.11. The van der Waals surface area contributed by atoms with Gasteiger partial charge in [-0.25, -0.2) is 0 Å². The summed E-state index contributed by atoms with van der Waals surface area (Å²) < 4.78 is 0. The summed E-state index contributed by atoms with van der Waals surface area (Å²) in [4.78, 5) is 26.4. The Morgan fingerprint density at radius 3 is 2.62 bits per heavy atom. The number of aryl methyl sites for hydroxylation is 1. The number of H-pyrrole nitrogens is 1. The molecule has 0 bridgehead atoms. The summed E-state index contributed by atoms with van der Waals surface area (Å²) in [6, 6.07) is 6.74. The van der Waals surface area contributed by atoms with E-state index >= 15 is 0 Å². The van der Waals surface area contributed by atoms with Gasteiger partial charge in [-0.3, -0.25) is 9.59 Å². The molecule has 1 amide bonds. The van der Waals surface area contributed by atoms with Crippen LogP contribution in [0.4, 0.5) is 5.69 Å². The second-order valence-electron chi connectivity index (χ2n) is 5.35. The number of carbonyl (C=O) groups excluding carboxylic acids is 1. The molecule has 2 aromatic rings. The molecular weight excluding hydrogens is 349 g/mol. The van der Waals surface area contributed by atoms with Gasteiger partial charge >= 0.3 is 0 Å². The average molecular weight is 364 g/mol. The van der Waals surface area contributed by atoms with Crippen molar-refractivity contribution >= 4 is 34.8 Å². The van der Waals surface area contributed by atoms with Crippen LogP contribution in [0.25, 0.3) is 0 Å². The first-order valence-corrected chi connectivity index (χ1v) is 7.96. The maximum atomic E-state index is 12.1. The van der Waals surface area contributed by atoms with Gasteiger partial charge in [0.1, 0.15) is 11.6 Å². The minimum absolute atomic E-state index is 0.0838. The summed E-state index contributed by atoms with van der Waals surface area (Å²) in [5.41, 5.74) is 2.31. The lowest BCUT2D eigenvalue weighted by molar-refractivity contribution is -0.116. The van der Waals surface area contributed by atoms with Crippen LogP contribution in [0.3, 0.4) is 0 Å². The molecule has 24 heavy (non-hydrogen) atoms. The second-order valence-corrected chi connectivity index (χ2v) is 6.16. The molecule has 7 heteroatoms. The molecule has 0 aliphatic carbocycles. The van der Waals surface area contributed by atoms with E-state index in [1.807, 2.05) is 6.07 Å². The fourth-order valence-electron chi connectivity index (χ4n) is 2.46. The fourth-order valence-corrected chi connectivity index (χ4v) is 2.75. The molecular formula is C17H15Cl2N3O2. The molecule has 0 radical (unpaired) electrons. The molecule has 0 fully saturated rings. The van der Waals surface area contributed by atoms with Crippen molar-refractivity contribution in [3.05, 3.63) is 61.0 Å². The zero-order valence-electron chi connectivity index (χ0n) is 13.2. The Bertz CT molecular complexity index is 898. The Labute approximate surface area is 149 Å². The lowest BCUT2D eigenvalue weighted by Crippen LogP contribution is -2.18. The number of anilines is 1. The van der Waals surface area contributed by atoms with E-state index in [-0.39, 0.29) is 17.9 Å². The minimum Gasteiger partial charge on any atom is -0.326 e. The van der Waals surface area contributed by atoms with E-state index in [1.54, 1.807) is 32.0 Å². The van der Waals surface area contributed by atoms with E-state index in [4.69, 9.17) is 28.5 Å². The lowest BCUT2D eigenvalue weighted by Gasteiger charge is -2.11. The lowest BCUT2D eigenvalue weighted by atomic mass is 9.99. The molecule has 0 aliphatic rings. The summed E-state index contributed by atoms with van der Waals surface area (Å²) in [6.45, 7) is 3.47. The van der Waals surface area contributed by atoms with Gasteiger partial charge in [0, 0.05) is 17.8 Å². The van der Waals surface area contributed by atoms with Gasteiger partial charge < -0.3 is 10.3 Å². The van der Waals surface area contributed by atoms with E-state index < -0.39 is 5.56 Å². The molecule has 0 spiro atoms. The number of benzene rings is 1. The molecule has 0 aliphatic heterocycles. The Morgan fingerprint density at radius 1 is 1.29 bits per heavy atom. The monoisotopic (exact) mass is 363 g/mol. The number of aromatic nitrogens is 1. The zero-order chi connectivity index (χ0) is 17.9.